The standard InChI is InChI=1S/C30H23ClN6O2/c1-29(2)24(22(16-36)27(38-29)20(12-32)13-33)10-8-18-6-5-7-19(26(18)31)9-11-25-23(17-37)28(21(14-34)15-35)39-30(25,3)4/h8-11,32H,5-7H2,1-4H3/b11-9+,18-8-,24-10-. The molecule has 1 N–H and O–H groups in total. The van der Waals surface area contributed by atoms with Crippen molar-refractivity contribution in [2.24, 2.45) is 0 Å². The lowest BCUT2D eigenvalue weighted by molar-refractivity contribution is 0.0950. The van der Waals surface area contributed by atoms with Crippen molar-refractivity contribution >= 4 is 17.5 Å². The average Bonchev–Trinajstić information content (AvgIpc) is 3.31. The zero-order valence-electron chi connectivity index (χ0n) is 21.9. The van der Waals surface area contributed by atoms with Gasteiger partial charge in [-0.05, 0) is 58.1 Å². The molecule has 3 aliphatic rings. The highest BCUT2D eigenvalue weighted by atomic mass is 35.5. The van der Waals surface area contributed by atoms with Crippen molar-refractivity contribution in [3.8, 4) is 30.3 Å². The lowest BCUT2D eigenvalue weighted by Crippen LogP contribution is -2.21. The fraction of sp³-hybridized carbons (Fsp3) is 0.300. The summed E-state index contributed by atoms with van der Waals surface area (Å²) in [5.74, 6) is 2.03. The van der Waals surface area contributed by atoms with E-state index in [-0.39, 0.29) is 33.8 Å². The Bertz CT molecular complexity index is 1620. The Balaban J connectivity index is 2.07. The van der Waals surface area contributed by atoms with E-state index in [1.807, 2.05) is 24.1 Å². The van der Waals surface area contributed by atoms with Gasteiger partial charge in [0.1, 0.15) is 52.7 Å². The summed E-state index contributed by atoms with van der Waals surface area (Å²) in [6.45, 7) is 7.05. The van der Waals surface area contributed by atoms with E-state index in [4.69, 9.17) is 26.5 Å². The Labute approximate surface area is 232 Å². The van der Waals surface area contributed by atoms with Crippen LogP contribution in [-0.2, 0) is 9.47 Å². The maximum absolute atomic E-state index is 9.77. The molecular formula is C30H23ClN6O2. The van der Waals surface area contributed by atoms with Gasteiger partial charge in [0.25, 0.3) is 0 Å². The number of nitriles is 5. The summed E-state index contributed by atoms with van der Waals surface area (Å²) < 4.78 is 11.7. The number of hydrogen-bond acceptors (Lipinski definition) is 8. The van der Waals surface area contributed by atoms with Gasteiger partial charge >= 0.3 is 0 Å². The first-order chi connectivity index (χ1) is 18.5. The third kappa shape index (κ3) is 5.34. The molecule has 2 aliphatic heterocycles. The van der Waals surface area contributed by atoms with E-state index >= 15 is 0 Å². The molecule has 0 aromatic rings. The van der Waals surface area contributed by atoms with Crippen LogP contribution in [0.15, 0.2) is 85.4 Å². The Kier molecular flexibility index (Phi) is 8.16. The molecule has 8 nitrogen and oxygen atoms in total. The van der Waals surface area contributed by atoms with Crippen LogP contribution in [0.1, 0.15) is 47.0 Å². The van der Waals surface area contributed by atoms with Gasteiger partial charge in [0.05, 0.1) is 0 Å². The topological polar surface area (TPSA) is 161 Å². The summed E-state index contributed by atoms with van der Waals surface area (Å²) in [7, 11) is 0. The molecule has 0 atom stereocenters. The summed E-state index contributed by atoms with van der Waals surface area (Å²) in [5.41, 5.74) is 0.814. The molecule has 39 heavy (non-hydrogen) atoms. The van der Waals surface area contributed by atoms with Gasteiger partial charge in [-0.2, -0.15) is 26.3 Å². The van der Waals surface area contributed by atoms with Gasteiger partial charge in [0.2, 0.25) is 0 Å². The molecule has 192 valence electrons. The maximum atomic E-state index is 9.77. The summed E-state index contributed by atoms with van der Waals surface area (Å²) in [5, 5.41) is 55.2. The van der Waals surface area contributed by atoms with Gasteiger partial charge in [-0.1, -0.05) is 35.9 Å². The molecule has 9 heteroatoms. The van der Waals surface area contributed by atoms with Crippen molar-refractivity contribution in [1.29, 1.82) is 31.7 Å². The first-order valence-corrected chi connectivity index (χ1v) is 12.3. The SMILES string of the molecule is CC1(C)OC(=C(C#N)C#N)C(C#N)=C1/C=C/C1=C(Cl)C(=C\C=C2\C(C#N)=C(C(=C=N)C#N)OC2(C)C)/CCC1. The van der Waals surface area contributed by atoms with Crippen molar-refractivity contribution in [2.45, 2.75) is 58.2 Å². The molecule has 0 spiro atoms. The Morgan fingerprint density at radius 1 is 0.872 bits per heavy atom. The van der Waals surface area contributed by atoms with Crippen molar-refractivity contribution < 1.29 is 9.47 Å². The zero-order chi connectivity index (χ0) is 29.0. The van der Waals surface area contributed by atoms with Crippen molar-refractivity contribution in [2.75, 3.05) is 0 Å². The molecule has 0 aromatic carbocycles. The number of nitrogens with one attached hydrogen (secondary N) is 1. The minimum atomic E-state index is -0.931. The molecule has 0 amide bonds. The molecule has 1 aliphatic carbocycles. The van der Waals surface area contributed by atoms with Crippen molar-refractivity contribution in [3.63, 3.8) is 0 Å². The Hall–Kier alpha value is -5.03. The maximum Gasteiger partial charge on any atom is 0.172 e. The minimum absolute atomic E-state index is 0.0254. The highest BCUT2D eigenvalue weighted by Crippen LogP contribution is 2.43. The number of hydrogen-bond donors (Lipinski definition) is 1. The van der Waals surface area contributed by atoms with Crippen LogP contribution in [0.5, 0.6) is 0 Å². The number of rotatable bonds is 4. The van der Waals surface area contributed by atoms with Gasteiger partial charge in [0, 0.05) is 22.0 Å². The second-order valence-electron chi connectivity index (χ2n) is 9.78. The van der Waals surface area contributed by atoms with E-state index in [0.717, 1.165) is 17.6 Å². The van der Waals surface area contributed by atoms with Crippen molar-refractivity contribution in [1.82, 2.24) is 0 Å². The van der Waals surface area contributed by atoms with Crippen LogP contribution in [0.3, 0.4) is 0 Å². The van der Waals surface area contributed by atoms with E-state index in [2.05, 4.69) is 12.1 Å². The van der Waals surface area contributed by atoms with E-state index in [9.17, 15) is 26.3 Å². The van der Waals surface area contributed by atoms with Crippen LogP contribution in [0, 0.1) is 62.1 Å². The number of nitrogens with zero attached hydrogens (tertiary/aromatic N) is 5. The normalized spacial score (nSPS) is 21.5. The largest absolute Gasteiger partial charge is 0.480 e. The Morgan fingerprint density at radius 3 is 2.10 bits per heavy atom. The third-order valence-electron chi connectivity index (χ3n) is 6.50. The lowest BCUT2D eigenvalue weighted by atomic mass is 9.89. The van der Waals surface area contributed by atoms with E-state index < -0.39 is 11.2 Å². The van der Waals surface area contributed by atoms with Gasteiger partial charge in [0.15, 0.2) is 22.7 Å². The summed E-state index contributed by atoms with van der Waals surface area (Å²) in [6.07, 6.45) is 9.34. The fourth-order valence-corrected chi connectivity index (χ4v) is 4.86. The molecule has 0 radical (unpaired) electrons. The predicted octanol–water partition coefficient (Wildman–Crippen LogP) is 6.29. The number of halogens is 1. The second-order valence-corrected chi connectivity index (χ2v) is 10.2. The van der Waals surface area contributed by atoms with E-state index in [0.29, 0.717) is 29.0 Å². The molecule has 2 heterocycles. The van der Waals surface area contributed by atoms with Gasteiger partial charge in [-0.3, -0.25) is 5.41 Å². The van der Waals surface area contributed by atoms with Gasteiger partial charge in [-0.15, -0.1) is 0 Å². The predicted molar refractivity (Wildman–Crippen MR) is 143 cm³/mol. The quantitative estimate of drug-likeness (QED) is 0.327. The monoisotopic (exact) mass is 534 g/mol. The van der Waals surface area contributed by atoms with Gasteiger partial charge < -0.3 is 9.47 Å². The van der Waals surface area contributed by atoms with Crippen LogP contribution in [0.4, 0.5) is 0 Å². The molecule has 0 fully saturated rings. The average molecular weight is 535 g/mol. The number of allylic oxidation sites excluding steroid dienone is 9. The van der Waals surface area contributed by atoms with Crippen LogP contribution < -0.4 is 0 Å². The van der Waals surface area contributed by atoms with E-state index in [1.165, 1.54) is 0 Å². The molecule has 0 saturated carbocycles. The molecule has 0 bridgehead atoms. The Morgan fingerprint density at radius 2 is 1.54 bits per heavy atom. The molecule has 0 saturated heterocycles. The van der Waals surface area contributed by atoms with Gasteiger partial charge in [-0.25, -0.2) is 0 Å². The first-order valence-electron chi connectivity index (χ1n) is 11.9. The minimum Gasteiger partial charge on any atom is -0.480 e. The molecular weight excluding hydrogens is 512 g/mol. The van der Waals surface area contributed by atoms with Crippen LogP contribution in [-0.4, -0.2) is 17.1 Å². The van der Waals surface area contributed by atoms with E-state index in [1.54, 1.807) is 52.0 Å². The highest BCUT2D eigenvalue weighted by molar-refractivity contribution is 6.32. The summed E-state index contributed by atoms with van der Waals surface area (Å²) >= 11 is 6.78. The smallest absolute Gasteiger partial charge is 0.172 e. The third-order valence-corrected chi connectivity index (χ3v) is 6.99. The zero-order valence-corrected chi connectivity index (χ0v) is 22.6. The van der Waals surface area contributed by atoms with Crippen LogP contribution in [0.2, 0.25) is 0 Å². The van der Waals surface area contributed by atoms with Crippen LogP contribution in [0.25, 0.3) is 0 Å². The van der Waals surface area contributed by atoms with Crippen molar-refractivity contribution in [3.05, 3.63) is 85.4 Å². The summed E-state index contributed by atoms with van der Waals surface area (Å²) in [6, 6.07) is 9.54. The van der Waals surface area contributed by atoms with Crippen LogP contribution >= 0.6 is 11.6 Å². The second kappa shape index (κ2) is 11.2. The highest BCUT2D eigenvalue weighted by Gasteiger charge is 2.40. The first kappa shape index (κ1) is 28.5. The summed E-state index contributed by atoms with van der Waals surface area (Å²) in [4.78, 5) is 0. The molecule has 3 rings (SSSR count). The number of ether oxygens (including phenoxy) is 2. The fourth-order valence-electron chi connectivity index (χ4n) is 4.55. The molecule has 0 aromatic heterocycles. The molecule has 0 unspecified atom stereocenters. The lowest BCUT2D eigenvalue weighted by Gasteiger charge is -2.22.